The molecule has 0 bridgehead atoms. The highest BCUT2D eigenvalue weighted by molar-refractivity contribution is 7.92. The van der Waals surface area contributed by atoms with E-state index in [1.165, 1.54) is 12.1 Å². The van der Waals surface area contributed by atoms with E-state index in [-0.39, 0.29) is 4.90 Å². The molecule has 1 heterocycles. The van der Waals surface area contributed by atoms with Crippen LogP contribution >= 0.6 is 11.6 Å². The van der Waals surface area contributed by atoms with Gasteiger partial charge in [-0.2, -0.15) is 0 Å². The maximum atomic E-state index is 12.3. The second kappa shape index (κ2) is 6.06. The van der Waals surface area contributed by atoms with Crippen LogP contribution in [-0.2, 0) is 10.0 Å². The van der Waals surface area contributed by atoms with Gasteiger partial charge in [-0.05, 0) is 42.8 Å². The van der Waals surface area contributed by atoms with Gasteiger partial charge in [0.25, 0.3) is 10.0 Å². The molecule has 5 nitrogen and oxygen atoms in total. The average molecular weight is 348 g/mol. The highest BCUT2D eigenvalue weighted by Gasteiger charge is 2.14. The quantitative estimate of drug-likeness (QED) is 0.753. The molecule has 3 rings (SSSR count). The third kappa shape index (κ3) is 3.55. The molecular weight excluding hydrogens is 334 g/mol. The van der Waals surface area contributed by atoms with Crippen LogP contribution in [0.2, 0.25) is 5.02 Å². The molecule has 0 amide bonds. The summed E-state index contributed by atoms with van der Waals surface area (Å²) in [6.45, 7) is 1.87. The lowest BCUT2D eigenvalue weighted by atomic mass is 10.1. The topological polar surface area (TPSA) is 74.8 Å². The van der Waals surface area contributed by atoms with Gasteiger partial charge < -0.3 is 4.98 Å². The number of anilines is 1. The lowest BCUT2D eigenvalue weighted by Gasteiger charge is -2.09. The normalized spacial score (nSPS) is 11.4. The minimum Gasteiger partial charge on any atom is -0.342 e. The number of hydrogen-bond acceptors (Lipinski definition) is 3. The first kappa shape index (κ1) is 15.6. The Hall–Kier alpha value is -2.31. The standard InChI is InChI=1S/C16H14ClN3O2S/c1-11-18-10-16(19-11)12-5-7-14(8-6-12)20-23(21,22)15-4-2-3-13(17)9-15/h2-10,20H,1H3,(H,18,19). The highest BCUT2D eigenvalue weighted by atomic mass is 35.5. The number of benzene rings is 2. The molecule has 7 heteroatoms. The Morgan fingerprint density at radius 1 is 1.13 bits per heavy atom. The number of nitrogens with one attached hydrogen (secondary N) is 2. The van der Waals surface area contributed by atoms with E-state index in [1.807, 2.05) is 19.1 Å². The molecular formula is C16H14ClN3O2S. The predicted molar refractivity (Wildman–Crippen MR) is 91.0 cm³/mol. The molecule has 2 aromatic carbocycles. The Labute approximate surface area is 139 Å². The second-order valence-electron chi connectivity index (χ2n) is 5.02. The summed E-state index contributed by atoms with van der Waals surface area (Å²) >= 11 is 5.84. The van der Waals surface area contributed by atoms with Crippen molar-refractivity contribution in [1.29, 1.82) is 0 Å². The van der Waals surface area contributed by atoms with Crippen LogP contribution in [0.3, 0.4) is 0 Å². The van der Waals surface area contributed by atoms with Crippen molar-refractivity contribution in [2.24, 2.45) is 0 Å². The molecule has 23 heavy (non-hydrogen) atoms. The molecule has 0 saturated carbocycles. The lowest BCUT2D eigenvalue weighted by Crippen LogP contribution is -2.12. The van der Waals surface area contributed by atoms with Gasteiger partial charge in [0.2, 0.25) is 0 Å². The molecule has 0 spiro atoms. The molecule has 0 radical (unpaired) electrons. The summed E-state index contributed by atoms with van der Waals surface area (Å²) in [5, 5.41) is 0.373. The average Bonchev–Trinajstić information content (AvgIpc) is 2.94. The summed E-state index contributed by atoms with van der Waals surface area (Å²) < 4.78 is 27.2. The van der Waals surface area contributed by atoms with Gasteiger partial charge in [0, 0.05) is 10.7 Å². The largest absolute Gasteiger partial charge is 0.342 e. The molecule has 0 saturated heterocycles. The molecule has 118 valence electrons. The van der Waals surface area contributed by atoms with E-state index >= 15 is 0 Å². The van der Waals surface area contributed by atoms with Gasteiger partial charge >= 0.3 is 0 Å². The number of aromatic amines is 1. The molecule has 3 aromatic rings. The van der Waals surface area contributed by atoms with Gasteiger partial charge in [0.15, 0.2) is 0 Å². The van der Waals surface area contributed by atoms with Gasteiger partial charge in [-0.15, -0.1) is 0 Å². The number of rotatable bonds is 4. The molecule has 0 aliphatic heterocycles. The summed E-state index contributed by atoms with van der Waals surface area (Å²) in [4.78, 5) is 7.39. The van der Waals surface area contributed by atoms with E-state index in [1.54, 1.807) is 30.5 Å². The van der Waals surface area contributed by atoms with Crippen LogP contribution in [0.25, 0.3) is 11.3 Å². The third-order valence-corrected chi connectivity index (χ3v) is 4.87. The molecule has 0 aliphatic rings. The lowest BCUT2D eigenvalue weighted by molar-refractivity contribution is 0.601. The van der Waals surface area contributed by atoms with Gasteiger partial charge in [-0.25, -0.2) is 13.4 Å². The number of halogens is 1. The van der Waals surface area contributed by atoms with Crippen LogP contribution in [0, 0.1) is 6.92 Å². The minimum absolute atomic E-state index is 0.123. The maximum Gasteiger partial charge on any atom is 0.261 e. The van der Waals surface area contributed by atoms with Gasteiger partial charge in [-0.1, -0.05) is 29.8 Å². The zero-order chi connectivity index (χ0) is 16.4. The smallest absolute Gasteiger partial charge is 0.261 e. The fourth-order valence-corrected chi connectivity index (χ4v) is 3.49. The summed E-state index contributed by atoms with van der Waals surface area (Å²) in [7, 11) is -3.66. The van der Waals surface area contributed by atoms with Crippen LogP contribution in [0.1, 0.15) is 5.82 Å². The first-order valence-electron chi connectivity index (χ1n) is 6.84. The van der Waals surface area contributed by atoms with Crippen LogP contribution < -0.4 is 4.72 Å². The monoisotopic (exact) mass is 347 g/mol. The first-order valence-corrected chi connectivity index (χ1v) is 8.70. The van der Waals surface area contributed by atoms with Gasteiger partial charge in [0.1, 0.15) is 5.82 Å². The van der Waals surface area contributed by atoms with Gasteiger partial charge in [0.05, 0.1) is 16.8 Å². The first-order chi connectivity index (χ1) is 10.9. The molecule has 0 aliphatic carbocycles. The van der Waals surface area contributed by atoms with Crippen molar-refractivity contribution in [2.75, 3.05) is 4.72 Å². The summed E-state index contributed by atoms with van der Waals surface area (Å²) in [5.41, 5.74) is 2.29. The number of aryl methyl sites for hydroxylation is 1. The zero-order valence-electron chi connectivity index (χ0n) is 12.2. The summed E-state index contributed by atoms with van der Waals surface area (Å²) in [6.07, 6.45) is 1.74. The van der Waals surface area contributed by atoms with Crippen molar-refractivity contribution >= 4 is 27.3 Å². The Balaban J connectivity index is 1.83. The number of hydrogen-bond donors (Lipinski definition) is 2. The third-order valence-electron chi connectivity index (χ3n) is 3.26. The van der Waals surface area contributed by atoms with Crippen molar-refractivity contribution in [3.05, 3.63) is 65.6 Å². The van der Waals surface area contributed by atoms with E-state index in [0.717, 1.165) is 17.1 Å². The Morgan fingerprint density at radius 3 is 2.48 bits per heavy atom. The predicted octanol–water partition coefficient (Wildman–Crippen LogP) is 3.84. The maximum absolute atomic E-state index is 12.3. The number of nitrogens with zero attached hydrogens (tertiary/aromatic N) is 1. The number of H-pyrrole nitrogens is 1. The number of imidazole rings is 1. The van der Waals surface area contributed by atoms with Crippen molar-refractivity contribution < 1.29 is 8.42 Å². The van der Waals surface area contributed by atoms with E-state index in [4.69, 9.17) is 11.6 Å². The Morgan fingerprint density at radius 2 is 1.87 bits per heavy atom. The van der Waals surface area contributed by atoms with Crippen molar-refractivity contribution in [3.8, 4) is 11.3 Å². The van der Waals surface area contributed by atoms with Gasteiger partial charge in [-0.3, -0.25) is 4.72 Å². The van der Waals surface area contributed by atoms with Crippen LogP contribution in [0.15, 0.2) is 59.6 Å². The molecule has 0 atom stereocenters. The highest BCUT2D eigenvalue weighted by Crippen LogP contribution is 2.22. The summed E-state index contributed by atoms with van der Waals surface area (Å²) in [6, 6.07) is 13.2. The van der Waals surface area contributed by atoms with E-state index in [2.05, 4.69) is 14.7 Å². The second-order valence-corrected chi connectivity index (χ2v) is 7.14. The Kier molecular flexibility index (Phi) is 4.11. The van der Waals surface area contributed by atoms with E-state index in [9.17, 15) is 8.42 Å². The fourth-order valence-electron chi connectivity index (χ4n) is 2.13. The molecule has 1 aromatic heterocycles. The number of sulfonamides is 1. The molecule has 0 fully saturated rings. The fraction of sp³-hybridized carbons (Fsp3) is 0.0625. The van der Waals surface area contributed by atoms with Crippen LogP contribution in [-0.4, -0.2) is 18.4 Å². The van der Waals surface area contributed by atoms with Crippen molar-refractivity contribution in [1.82, 2.24) is 9.97 Å². The van der Waals surface area contributed by atoms with Crippen molar-refractivity contribution in [3.63, 3.8) is 0 Å². The zero-order valence-corrected chi connectivity index (χ0v) is 13.8. The molecule has 0 unspecified atom stereocenters. The minimum atomic E-state index is -3.66. The van der Waals surface area contributed by atoms with Crippen molar-refractivity contribution in [2.45, 2.75) is 11.8 Å². The summed E-state index contributed by atoms with van der Waals surface area (Å²) in [5.74, 6) is 0.825. The SMILES string of the molecule is Cc1ncc(-c2ccc(NS(=O)(=O)c3cccc(Cl)c3)cc2)[nH]1. The van der Waals surface area contributed by atoms with Crippen LogP contribution in [0.4, 0.5) is 5.69 Å². The Bertz CT molecular complexity index is 934. The molecule has 2 N–H and O–H groups in total. The van der Waals surface area contributed by atoms with E-state index in [0.29, 0.717) is 10.7 Å². The number of aromatic nitrogens is 2. The van der Waals surface area contributed by atoms with E-state index < -0.39 is 10.0 Å². The van der Waals surface area contributed by atoms with Crippen LogP contribution in [0.5, 0.6) is 0 Å².